The molecule has 0 radical (unpaired) electrons. The van der Waals surface area contributed by atoms with Gasteiger partial charge in [-0.3, -0.25) is 0 Å². The van der Waals surface area contributed by atoms with E-state index in [-0.39, 0.29) is 0 Å². The topological polar surface area (TPSA) is 26.0 Å². The Labute approximate surface area is 128 Å². The summed E-state index contributed by atoms with van der Waals surface area (Å²) >= 11 is 12.8. The molecule has 1 nitrogen and oxygen atoms in total. The van der Waals surface area contributed by atoms with Gasteiger partial charge in [-0.05, 0) is 23.3 Å². The second-order valence-electron chi connectivity index (χ2n) is 4.14. The Morgan fingerprint density at radius 3 is 2.42 bits per heavy atom. The van der Waals surface area contributed by atoms with E-state index in [9.17, 15) is 0 Å². The molecule has 2 aromatic carbocycles. The molecular formula is C15H14ClNS2. The molecule has 0 amide bonds. The highest BCUT2D eigenvalue weighted by atomic mass is 35.5. The summed E-state index contributed by atoms with van der Waals surface area (Å²) in [5.41, 5.74) is 9.15. The lowest BCUT2D eigenvalue weighted by molar-refractivity contribution is 1.35. The van der Waals surface area contributed by atoms with Gasteiger partial charge in [0.2, 0.25) is 0 Å². The molecule has 2 aromatic rings. The van der Waals surface area contributed by atoms with E-state index in [1.54, 1.807) is 0 Å². The van der Waals surface area contributed by atoms with Crippen molar-refractivity contribution in [3.8, 4) is 0 Å². The number of rotatable bonds is 5. The Bertz CT molecular complexity index is 567. The first-order valence-electron chi connectivity index (χ1n) is 5.86. The average molecular weight is 308 g/mol. The summed E-state index contributed by atoms with van der Waals surface area (Å²) in [4.78, 5) is 0.461. The third-order valence-corrected chi connectivity index (χ3v) is 4.25. The molecule has 0 heterocycles. The standard InChI is InChI=1S/C15H14ClNS2/c16-13-7-5-11(6-8-13)9-19-10-12-3-1-2-4-14(12)15(17)18/h1-8H,9-10H2,(H2,17,18). The molecule has 0 fully saturated rings. The number of thioether (sulfide) groups is 1. The van der Waals surface area contributed by atoms with Gasteiger partial charge >= 0.3 is 0 Å². The second kappa shape index (κ2) is 6.94. The fourth-order valence-electron chi connectivity index (χ4n) is 1.75. The van der Waals surface area contributed by atoms with Crippen LogP contribution in [0.2, 0.25) is 5.02 Å². The Balaban J connectivity index is 1.96. The molecule has 2 N–H and O–H groups in total. The van der Waals surface area contributed by atoms with Crippen LogP contribution in [0.3, 0.4) is 0 Å². The maximum Gasteiger partial charge on any atom is 0.104 e. The van der Waals surface area contributed by atoms with Crippen LogP contribution < -0.4 is 5.73 Å². The van der Waals surface area contributed by atoms with E-state index in [4.69, 9.17) is 29.6 Å². The predicted molar refractivity (Wildman–Crippen MR) is 88.8 cm³/mol. The van der Waals surface area contributed by atoms with Gasteiger partial charge in [0.15, 0.2) is 0 Å². The van der Waals surface area contributed by atoms with Crippen molar-refractivity contribution < 1.29 is 0 Å². The number of hydrogen-bond donors (Lipinski definition) is 1. The van der Waals surface area contributed by atoms with Crippen molar-refractivity contribution in [2.24, 2.45) is 5.73 Å². The molecule has 0 aromatic heterocycles. The van der Waals surface area contributed by atoms with Crippen LogP contribution in [-0.2, 0) is 11.5 Å². The molecule has 0 saturated carbocycles. The van der Waals surface area contributed by atoms with Gasteiger partial charge in [0.25, 0.3) is 0 Å². The average Bonchev–Trinajstić information content (AvgIpc) is 2.41. The fourth-order valence-corrected chi connectivity index (χ4v) is 3.07. The Morgan fingerprint density at radius 2 is 1.74 bits per heavy atom. The molecule has 2 rings (SSSR count). The summed E-state index contributed by atoms with van der Waals surface area (Å²) in [7, 11) is 0. The Morgan fingerprint density at radius 1 is 1.05 bits per heavy atom. The second-order valence-corrected chi connectivity index (χ2v) is 6.00. The molecule has 0 unspecified atom stereocenters. The van der Waals surface area contributed by atoms with Gasteiger partial charge in [-0.15, -0.1) is 0 Å². The quantitative estimate of drug-likeness (QED) is 0.829. The van der Waals surface area contributed by atoms with Crippen molar-refractivity contribution in [3.05, 3.63) is 70.2 Å². The van der Waals surface area contributed by atoms with Crippen LogP contribution in [0.5, 0.6) is 0 Å². The van der Waals surface area contributed by atoms with Crippen LogP contribution >= 0.6 is 35.6 Å². The summed E-state index contributed by atoms with van der Waals surface area (Å²) in [6.07, 6.45) is 0. The van der Waals surface area contributed by atoms with Crippen LogP contribution in [0, 0.1) is 0 Å². The first-order chi connectivity index (χ1) is 9.16. The molecule has 0 atom stereocenters. The SMILES string of the molecule is NC(=S)c1ccccc1CSCc1ccc(Cl)cc1. The molecule has 0 bridgehead atoms. The van der Waals surface area contributed by atoms with Crippen molar-refractivity contribution in [2.45, 2.75) is 11.5 Å². The van der Waals surface area contributed by atoms with Gasteiger partial charge in [-0.25, -0.2) is 0 Å². The molecule has 0 aliphatic heterocycles. The first-order valence-corrected chi connectivity index (χ1v) is 7.81. The molecule has 19 heavy (non-hydrogen) atoms. The van der Waals surface area contributed by atoms with E-state index in [0.717, 1.165) is 22.1 Å². The van der Waals surface area contributed by atoms with Crippen molar-refractivity contribution in [3.63, 3.8) is 0 Å². The van der Waals surface area contributed by atoms with E-state index in [1.165, 1.54) is 11.1 Å². The number of benzene rings is 2. The highest BCUT2D eigenvalue weighted by molar-refractivity contribution is 7.97. The highest BCUT2D eigenvalue weighted by Crippen LogP contribution is 2.21. The Hall–Kier alpha value is -1.03. The molecule has 98 valence electrons. The zero-order chi connectivity index (χ0) is 13.7. The molecular weight excluding hydrogens is 294 g/mol. The molecule has 0 spiro atoms. The third kappa shape index (κ3) is 4.23. The summed E-state index contributed by atoms with van der Waals surface area (Å²) < 4.78 is 0. The largest absolute Gasteiger partial charge is 0.389 e. The predicted octanol–water partition coefficient (Wildman–Crippen LogP) is 4.41. The molecule has 0 aliphatic carbocycles. The van der Waals surface area contributed by atoms with Gasteiger partial charge in [0.05, 0.1) is 0 Å². The van der Waals surface area contributed by atoms with Crippen LogP contribution in [0.25, 0.3) is 0 Å². The van der Waals surface area contributed by atoms with E-state index >= 15 is 0 Å². The zero-order valence-corrected chi connectivity index (χ0v) is 12.7. The lowest BCUT2D eigenvalue weighted by atomic mass is 10.1. The smallest absolute Gasteiger partial charge is 0.104 e. The van der Waals surface area contributed by atoms with Crippen LogP contribution in [-0.4, -0.2) is 4.99 Å². The van der Waals surface area contributed by atoms with E-state index in [1.807, 2.05) is 42.1 Å². The molecule has 4 heteroatoms. The van der Waals surface area contributed by atoms with E-state index in [2.05, 4.69) is 18.2 Å². The highest BCUT2D eigenvalue weighted by Gasteiger charge is 2.04. The third-order valence-electron chi connectivity index (χ3n) is 2.72. The minimum Gasteiger partial charge on any atom is -0.389 e. The van der Waals surface area contributed by atoms with Crippen molar-refractivity contribution >= 4 is 40.6 Å². The van der Waals surface area contributed by atoms with E-state index < -0.39 is 0 Å². The Kier molecular flexibility index (Phi) is 5.25. The summed E-state index contributed by atoms with van der Waals surface area (Å²) in [6.45, 7) is 0. The fraction of sp³-hybridized carbons (Fsp3) is 0.133. The lowest BCUT2D eigenvalue weighted by Crippen LogP contribution is -2.11. The number of thiocarbonyl (C=S) groups is 1. The maximum absolute atomic E-state index is 5.86. The minimum atomic E-state index is 0.461. The number of halogens is 1. The minimum absolute atomic E-state index is 0.461. The maximum atomic E-state index is 5.86. The summed E-state index contributed by atoms with van der Waals surface area (Å²) in [6, 6.07) is 16.0. The van der Waals surface area contributed by atoms with Crippen molar-refractivity contribution in [1.82, 2.24) is 0 Å². The normalized spacial score (nSPS) is 10.4. The number of hydrogen-bond acceptors (Lipinski definition) is 2. The lowest BCUT2D eigenvalue weighted by Gasteiger charge is -2.08. The van der Waals surface area contributed by atoms with Crippen LogP contribution in [0.1, 0.15) is 16.7 Å². The van der Waals surface area contributed by atoms with Gasteiger partial charge in [-0.2, -0.15) is 11.8 Å². The van der Waals surface area contributed by atoms with E-state index in [0.29, 0.717) is 4.99 Å². The van der Waals surface area contributed by atoms with Crippen molar-refractivity contribution in [2.75, 3.05) is 0 Å². The summed E-state index contributed by atoms with van der Waals surface area (Å²) in [5.74, 6) is 1.85. The molecule has 0 saturated heterocycles. The van der Waals surface area contributed by atoms with Gasteiger partial charge in [0.1, 0.15) is 4.99 Å². The van der Waals surface area contributed by atoms with Gasteiger partial charge in [0, 0.05) is 22.1 Å². The first kappa shape index (κ1) is 14.4. The van der Waals surface area contributed by atoms with Crippen LogP contribution in [0.15, 0.2) is 48.5 Å². The monoisotopic (exact) mass is 307 g/mol. The zero-order valence-electron chi connectivity index (χ0n) is 10.3. The number of nitrogens with two attached hydrogens (primary N) is 1. The van der Waals surface area contributed by atoms with Gasteiger partial charge in [-0.1, -0.05) is 60.2 Å². The van der Waals surface area contributed by atoms with Crippen molar-refractivity contribution in [1.29, 1.82) is 0 Å². The molecule has 0 aliphatic rings. The van der Waals surface area contributed by atoms with Crippen LogP contribution in [0.4, 0.5) is 0 Å². The summed E-state index contributed by atoms with van der Waals surface area (Å²) in [5, 5.41) is 0.771. The van der Waals surface area contributed by atoms with Gasteiger partial charge < -0.3 is 5.73 Å².